The average Bonchev–Trinajstić information content (AvgIpc) is 3.06. The van der Waals surface area contributed by atoms with Crippen molar-refractivity contribution in [2.75, 3.05) is 26.2 Å². The maximum absolute atomic E-state index is 12.4. The monoisotopic (exact) mass is 393 g/mol. The van der Waals surface area contributed by atoms with Gasteiger partial charge in [0.1, 0.15) is 0 Å². The summed E-state index contributed by atoms with van der Waals surface area (Å²) in [5.41, 5.74) is 0.386. The van der Waals surface area contributed by atoms with Crippen molar-refractivity contribution in [2.24, 2.45) is 0 Å². The highest BCUT2D eigenvalue weighted by Crippen LogP contribution is 2.22. The molecule has 2 amide bonds. The number of nitrogens with one attached hydrogen (secondary N) is 2. The van der Waals surface area contributed by atoms with Gasteiger partial charge in [-0.05, 0) is 37.6 Å². The molecule has 5 nitrogen and oxygen atoms in total. The number of carbonyl (C=O) groups is 2. The fraction of sp³-hybridized carbons (Fsp3) is 0.500. The van der Waals surface area contributed by atoms with Crippen LogP contribution >= 0.6 is 35.6 Å². The molecule has 1 aliphatic heterocycles. The highest BCUT2D eigenvalue weighted by atomic mass is 35.5. The summed E-state index contributed by atoms with van der Waals surface area (Å²) in [5, 5.41) is 6.62. The maximum Gasteiger partial charge on any atom is 0.251 e. The lowest BCUT2D eigenvalue weighted by Crippen LogP contribution is -2.46. The van der Waals surface area contributed by atoms with Crippen LogP contribution in [0.4, 0.5) is 0 Å². The lowest BCUT2D eigenvalue weighted by atomic mass is 10.2. The first-order valence-electron chi connectivity index (χ1n) is 7.76. The van der Waals surface area contributed by atoms with E-state index in [2.05, 4.69) is 10.6 Å². The molecule has 0 aliphatic carbocycles. The summed E-state index contributed by atoms with van der Waals surface area (Å²) in [6.45, 7) is 4.46. The molecule has 1 saturated heterocycles. The van der Waals surface area contributed by atoms with E-state index in [1.807, 2.05) is 11.8 Å². The zero-order valence-corrected chi connectivity index (χ0v) is 15.8. The van der Waals surface area contributed by atoms with Gasteiger partial charge in [0.2, 0.25) is 5.91 Å². The molecule has 134 valence electrons. The number of halogens is 3. The van der Waals surface area contributed by atoms with E-state index in [1.54, 1.807) is 12.1 Å². The smallest absolute Gasteiger partial charge is 0.251 e. The SMILES string of the molecule is CCCN(C(=O)CNC(=O)c1ccc(Cl)c(Cl)c1)C1CCNC1.Cl. The van der Waals surface area contributed by atoms with Crippen molar-refractivity contribution in [3.05, 3.63) is 33.8 Å². The lowest BCUT2D eigenvalue weighted by Gasteiger charge is -2.28. The van der Waals surface area contributed by atoms with Crippen molar-refractivity contribution in [2.45, 2.75) is 25.8 Å². The number of hydrogen-bond donors (Lipinski definition) is 2. The van der Waals surface area contributed by atoms with Crippen LogP contribution in [0.15, 0.2) is 18.2 Å². The maximum atomic E-state index is 12.4. The van der Waals surface area contributed by atoms with E-state index >= 15 is 0 Å². The van der Waals surface area contributed by atoms with Crippen LogP contribution < -0.4 is 10.6 Å². The highest BCUT2D eigenvalue weighted by Gasteiger charge is 2.25. The number of carbonyl (C=O) groups excluding carboxylic acids is 2. The molecule has 24 heavy (non-hydrogen) atoms. The topological polar surface area (TPSA) is 61.4 Å². The third kappa shape index (κ3) is 5.52. The molecule has 0 aromatic heterocycles. The second-order valence-electron chi connectivity index (χ2n) is 5.55. The summed E-state index contributed by atoms with van der Waals surface area (Å²) in [6.07, 6.45) is 1.84. The fourth-order valence-corrected chi connectivity index (χ4v) is 2.95. The molecular formula is C16H22Cl3N3O2. The molecular weight excluding hydrogens is 373 g/mol. The molecule has 1 aromatic rings. The molecule has 1 aliphatic rings. The minimum Gasteiger partial charge on any atom is -0.343 e. The Bertz CT molecular complexity index is 578. The van der Waals surface area contributed by atoms with Gasteiger partial charge in [0, 0.05) is 24.7 Å². The molecule has 1 aromatic carbocycles. The van der Waals surface area contributed by atoms with Crippen molar-refractivity contribution in [1.82, 2.24) is 15.5 Å². The van der Waals surface area contributed by atoms with E-state index in [0.29, 0.717) is 22.2 Å². The summed E-state index contributed by atoms with van der Waals surface area (Å²) in [5.74, 6) is -0.396. The fourth-order valence-electron chi connectivity index (χ4n) is 2.65. The number of hydrogen-bond acceptors (Lipinski definition) is 3. The summed E-state index contributed by atoms with van der Waals surface area (Å²) >= 11 is 11.7. The number of nitrogens with zero attached hydrogens (tertiary/aromatic N) is 1. The molecule has 1 fully saturated rings. The Labute approximate surface area is 158 Å². The van der Waals surface area contributed by atoms with Crippen molar-refractivity contribution >= 4 is 47.4 Å². The van der Waals surface area contributed by atoms with Crippen LogP contribution in [0.2, 0.25) is 10.0 Å². The Morgan fingerprint density at radius 2 is 2.08 bits per heavy atom. The molecule has 2 rings (SSSR count). The van der Waals surface area contributed by atoms with Gasteiger partial charge in [-0.3, -0.25) is 9.59 Å². The van der Waals surface area contributed by atoms with Crippen LogP contribution in [0.3, 0.4) is 0 Å². The predicted molar refractivity (Wildman–Crippen MR) is 99.3 cm³/mol. The second-order valence-corrected chi connectivity index (χ2v) is 6.36. The van der Waals surface area contributed by atoms with Gasteiger partial charge in [0.05, 0.1) is 16.6 Å². The van der Waals surface area contributed by atoms with E-state index in [1.165, 1.54) is 6.07 Å². The van der Waals surface area contributed by atoms with Gasteiger partial charge in [0.25, 0.3) is 5.91 Å². The number of rotatable bonds is 6. The third-order valence-corrected chi connectivity index (χ3v) is 4.58. The number of benzene rings is 1. The van der Waals surface area contributed by atoms with Crippen molar-refractivity contribution in [3.8, 4) is 0 Å². The molecule has 0 spiro atoms. The Morgan fingerprint density at radius 3 is 2.67 bits per heavy atom. The van der Waals surface area contributed by atoms with Gasteiger partial charge in [-0.25, -0.2) is 0 Å². The quantitative estimate of drug-likeness (QED) is 0.780. The largest absolute Gasteiger partial charge is 0.343 e. The average molecular weight is 395 g/mol. The minimum atomic E-state index is -0.335. The first-order valence-corrected chi connectivity index (χ1v) is 8.52. The Kier molecular flexibility index (Phi) is 8.84. The second kappa shape index (κ2) is 10.1. The Hall–Kier alpha value is -1.01. The molecule has 1 unspecified atom stereocenters. The van der Waals surface area contributed by atoms with Gasteiger partial charge >= 0.3 is 0 Å². The zero-order valence-electron chi connectivity index (χ0n) is 13.5. The van der Waals surface area contributed by atoms with Crippen molar-refractivity contribution in [3.63, 3.8) is 0 Å². The van der Waals surface area contributed by atoms with E-state index in [0.717, 1.165) is 25.9 Å². The molecule has 0 bridgehead atoms. The van der Waals surface area contributed by atoms with Crippen LogP contribution in [0.5, 0.6) is 0 Å². The van der Waals surface area contributed by atoms with E-state index in [-0.39, 0.29) is 36.8 Å². The number of amides is 2. The van der Waals surface area contributed by atoms with Crippen molar-refractivity contribution < 1.29 is 9.59 Å². The Morgan fingerprint density at radius 1 is 1.33 bits per heavy atom. The summed E-state index contributed by atoms with van der Waals surface area (Å²) < 4.78 is 0. The van der Waals surface area contributed by atoms with Gasteiger partial charge in [0.15, 0.2) is 0 Å². The standard InChI is InChI=1S/C16H21Cl2N3O2.ClH/c1-2-7-21(12-5-6-19-9-12)15(22)10-20-16(23)11-3-4-13(17)14(18)8-11;/h3-4,8,12,19H,2,5-7,9-10H2,1H3,(H,20,23);1H. The molecule has 0 saturated carbocycles. The summed E-state index contributed by atoms with van der Waals surface area (Å²) in [6, 6.07) is 4.85. The third-order valence-electron chi connectivity index (χ3n) is 3.84. The van der Waals surface area contributed by atoms with Gasteiger partial charge in [-0.1, -0.05) is 30.1 Å². The van der Waals surface area contributed by atoms with Gasteiger partial charge < -0.3 is 15.5 Å². The molecule has 8 heteroatoms. The lowest BCUT2D eigenvalue weighted by molar-refractivity contribution is -0.132. The summed E-state index contributed by atoms with van der Waals surface area (Å²) in [4.78, 5) is 26.4. The normalized spacial score (nSPS) is 16.4. The van der Waals surface area contributed by atoms with Crippen LogP contribution in [0, 0.1) is 0 Å². The molecule has 1 heterocycles. The van der Waals surface area contributed by atoms with Crippen LogP contribution in [-0.2, 0) is 4.79 Å². The van der Waals surface area contributed by atoms with Crippen molar-refractivity contribution in [1.29, 1.82) is 0 Å². The first kappa shape index (κ1) is 21.0. The molecule has 1 atom stereocenters. The molecule has 2 N–H and O–H groups in total. The van der Waals surface area contributed by atoms with Crippen LogP contribution in [-0.4, -0.2) is 48.9 Å². The minimum absolute atomic E-state index is 0. The van der Waals surface area contributed by atoms with Crippen LogP contribution in [0.1, 0.15) is 30.1 Å². The molecule has 0 radical (unpaired) electrons. The van der Waals surface area contributed by atoms with Gasteiger partial charge in [-0.2, -0.15) is 0 Å². The summed E-state index contributed by atoms with van der Waals surface area (Å²) in [7, 11) is 0. The predicted octanol–water partition coefficient (Wildman–Crippen LogP) is 2.75. The first-order chi connectivity index (χ1) is 11.0. The van der Waals surface area contributed by atoms with Crippen LogP contribution in [0.25, 0.3) is 0 Å². The van der Waals surface area contributed by atoms with E-state index < -0.39 is 0 Å². The van der Waals surface area contributed by atoms with E-state index in [9.17, 15) is 9.59 Å². The Balaban J connectivity index is 0.00000288. The zero-order chi connectivity index (χ0) is 16.8. The van der Waals surface area contributed by atoms with Gasteiger partial charge in [-0.15, -0.1) is 12.4 Å². The highest BCUT2D eigenvalue weighted by molar-refractivity contribution is 6.42. The van der Waals surface area contributed by atoms with E-state index in [4.69, 9.17) is 23.2 Å².